The van der Waals surface area contributed by atoms with Crippen molar-refractivity contribution in [3.63, 3.8) is 0 Å². The molecule has 1 aromatic heterocycles. The third-order valence-corrected chi connectivity index (χ3v) is 6.83. The second-order valence-corrected chi connectivity index (χ2v) is 9.46. The molecule has 0 unspecified atom stereocenters. The Bertz CT molecular complexity index is 1180. The van der Waals surface area contributed by atoms with Crippen molar-refractivity contribution < 1.29 is 18.7 Å². The minimum Gasteiger partial charge on any atom is -0.493 e. The minimum absolute atomic E-state index is 0.0830. The predicted octanol–water partition coefficient (Wildman–Crippen LogP) is 4.24. The first kappa shape index (κ1) is 26.5. The van der Waals surface area contributed by atoms with Gasteiger partial charge >= 0.3 is 0 Å². The van der Waals surface area contributed by atoms with Crippen molar-refractivity contribution in [3.05, 3.63) is 59.5 Å². The van der Waals surface area contributed by atoms with Gasteiger partial charge in [-0.05, 0) is 62.6 Å². The Labute approximate surface area is 219 Å². The molecular weight excluding hydrogens is 468 g/mol. The molecule has 2 aromatic carbocycles. The molecule has 1 fully saturated rings. The van der Waals surface area contributed by atoms with Crippen LogP contribution in [0.4, 0.5) is 5.69 Å². The lowest BCUT2D eigenvalue weighted by atomic mass is 10.1. The number of aryl methyl sites for hydroxylation is 3. The van der Waals surface area contributed by atoms with Crippen molar-refractivity contribution in [1.29, 1.82) is 0 Å². The summed E-state index contributed by atoms with van der Waals surface area (Å²) in [5, 5.41) is 3.07. The topological polar surface area (TPSA) is 80.1 Å². The summed E-state index contributed by atoms with van der Waals surface area (Å²) in [5.41, 5.74) is 4.29. The number of nitrogens with zero attached hydrogens (tertiary/aromatic N) is 3. The highest BCUT2D eigenvalue weighted by Gasteiger charge is 2.18. The second-order valence-electron chi connectivity index (χ2n) is 9.46. The van der Waals surface area contributed by atoms with Gasteiger partial charge in [0.15, 0.2) is 11.5 Å². The third kappa shape index (κ3) is 7.04. The molecule has 1 saturated heterocycles. The van der Waals surface area contributed by atoms with E-state index < -0.39 is 0 Å². The lowest BCUT2D eigenvalue weighted by Crippen LogP contribution is -2.48. The van der Waals surface area contributed by atoms with E-state index in [1.807, 2.05) is 25.1 Å². The predicted molar refractivity (Wildman–Crippen MR) is 146 cm³/mol. The van der Waals surface area contributed by atoms with E-state index in [1.165, 1.54) is 11.3 Å². The van der Waals surface area contributed by atoms with Crippen LogP contribution < -0.4 is 19.7 Å². The molecule has 1 N–H and O–H groups in total. The Morgan fingerprint density at radius 2 is 1.81 bits per heavy atom. The number of hydrogen-bond acceptors (Lipinski definition) is 7. The Hall–Kier alpha value is -3.52. The van der Waals surface area contributed by atoms with E-state index in [0.29, 0.717) is 36.8 Å². The summed E-state index contributed by atoms with van der Waals surface area (Å²) in [7, 11) is 3.21. The van der Waals surface area contributed by atoms with Gasteiger partial charge < -0.3 is 24.1 Å². The number of piperazine rings is 1. The standard InChI is InChI=1S/C29H38N4O4/c1-21-7-5-8-24(19-21)33-17-15-32(16-18-33)14-13-30-28(34)10-6-9-25-22(2)37-29(31-25)23-11-12-26(35-3)27(20-23)36-4/h5,7-8,11-12,19-20H,6,9-10,13-18H2,1-4H3,(H,30,34). The zero-order valence-corrected chi connectivity index (χ0v) is 22.4. The molecule has 198 valence electrons. The Kier molecular flexibility index (Phi) is 9.06. The van der Waals surface area contributed by atoms with Gasteiger partial charge in [0.05, 0.1) is 19.9 Å². The first-order valence-corrected chi connectivity index (χ1v) is 13.0. The van der Waals surface area contributed by atoms with Crippen LogP contribution in [0.1, 0.15) is 29.9 Å². The maximum atomic E-state index is 12.4. The van der Waals surface area contributed by atoms with Gasteiger partial charge in [0, 0.05) is 56.9 Å². The number of amides is 1. The molecule has 1 aliphatic rings. The molecule has 8 heteroatoms. The fourth-order valence-electron chi connectivity index (χ4n) is 4.67. The van der Waals surface area contributed by atoms with E-state index in [1.54, 1.807) is 14.2 Å². The van der Waals surface area contributed by atoms with Gasteiger partial charge in [-0.15, -0.1) is 0 Å². The molecule has 8 nitrogen and oxygen atoms in total. The molecule has 0 bridgehead atoms. The maximum Gasteiger partial charge on any atom is 0.226 e. The van der Waals surface area contributed by atoms with Crippen molar-refractivity contribution in [1.82, 2.24) is 15.2 Å². The average Bonchev–Trinajstić information content (AvgIpc) is 3.28. The number of hydrogen-bond donors (Lipinski definition) is 1. The molecule has 2 heterocycles. The fourth-order valence-corrected chi connectivity index (χ4v) is 4.67. The van der Waals surface area contributed by atoms with Crippen LogP contribution in [0.5, 0.6) is 11.5 Å². The lowest BCUT2D eigenvalue weighted by molar-refractivity contribution is -0.121. The number of ether oxygens (including phenoxy) is 2. The number of nitrogens with one attached hydrogen (secondary N) is 1. The van der Waals surface area contributed by atoms with E-state index in [2.05, 4.69) is 51.3 Å². The van der Waals surface area contributed by atoms with E-state index in [0.717, 1.165) is 56.2 Å². The van der Waals surface area contributed by atoms with Gasteiger partial charge in [0.1, 0.15) is 5.76 Å². The molecule has 0 atom stereocenters. The van der Waals surface area contributed by atoms with Crippen LogP contribution in [0.15, 0.2) is 46.9 Å². The van der Waals surface area contributed by atoms with E-state index in [-0.39, 0.29) is 5.91 Å². The van der Waals surface area contributed by atoms with Crippen LogP contribution in [0, 0.1) is 13.8 Å². The minimum atomic E-state index is 0.0830. The monoisotopic (exact) mass is 506 g/mol. The molecule has 0 spiro atoms. The SMILES string of the molecule is COc1ccc(-c2nc(CCCC(=O)NCCN3CCN(c4cccc(C)c4)CC3)c(C)o2)cc1OC. The number of anilines is 1. The van der Waals surface area contributed by atoms with Crippen LogP contribution in [-0.4, -0.2) is 69.3 Å². The van der Waals surface area contributed by atoms with Crippen molar-refractivity contribution in [2.45, 2.75) is 33.1 Å². The normalized spacial score (nSPS) is 14.0. The van der Waals surface area contributed by atoms with Crippen molar-refractivity contribution in [2.24, 2.45) is 0 Å². The van der Waals surface area contributed by atoms with Crippen LogP contribution in [0.25, 0.3) is 11.5 Å². The van der Waals surface area contributed by atoms with Gasteiger partial charge in [-0.3, -0.25) is 9.69 Å². The molecule has 37 heavy (non-hydrogen) atoms. The molecule has 3 aromatic rings. The fraction of sp³-hybridized carbons (Fsp3) is 0.448. The summed E-state index contributed by atoms with van der Waals surface area (Å²) in [4.78, 5) is 21.9. The summed E-state index contributed by atoms with van der Waals surface area (Å²) in [6.07, 6.45) is 1.88. The van der Waals surface area contributed by atoms with Gasteiger partial charge in [-0.2, -0.15) is 0 Å². The summed E-state index contributed by atoms with van der Waals surface area (Å²) in [6.45, 7) is 9.65. The summed E-state index contributed by atoms with van der Waals surface area (Å²) < 4.78 is 16.6. The summed E-state index contributed by atoms with van der Waals surface area (Å²) in [6, 6.07) is 14.3. The molecule has 0 saturated carbocycles. The highest BCUT2D eigenvalue weighted by molar-refractivity contribution is 5.75. The molecule has 4 rings (SSSR count). The van der Waals surface area contributed by atoms with Gasteiger partial charge in [0.25, 0.3) is 0 Å². The highest BCUT2D eigenvalue weighted by atomic mass is 16.5. The number of oxazole rings is 1. The number of aromatic nitrogens is 1. The molecule has 0 radical (unpaired) electrons. The van der Waals surface area contributed by atoms with Crippen molar-refractivity contribution >= 4 is 11.6 Å². The number of methoxy groups -OCH3 is 2. The molecule has 0 aliphatic carbocycles. The number of carbonyl (C=O) groups excluding carboxylic acids is 1. The highest BCUT2D eigenvalue weighted by Crippen LogP contribution is 2.32. The lowest BCUT2D eigenvalue weighted by Gasteiger charge is -2.36. The molecule has 1 amide bonds. The number of carbonyl (C=O) groups is 1. The van der Waals surface area contributed by atoms with Gasteiger partial charge in [-0.25, -0.2) is 4.98 Å². The number of benzene rings is 2. The third-order valence-electron chi connectivity index (χ3n) is 6.83. The van der Waals surface area contributed by atoms with Crippen molar-refractivity contribution in [3.8, 4) is 23.0 Å². The van der Waals surface area contributed by atoms with Crippen molar-refractivity contribution in [2.75, 3.05) is 58.4 Å². The zero-order chi connectivity index (χ0) is 26.2. The van der Waals surface area contributed by atoms with Crippen LogP contribution in [-0.2, 0) is 11.2 Å². The largest absolute Gasteiger partial charge is 0.493 e. The Balaban J connectivity index is 1.16. The van der Waals surface area contributed by atoms with Gasteiger partial charge in [0.2, 0.25) is 11.8 Å². The van der Waals surface area contributed by atoms with Crippen LogP contribution in [0.2, 0.25) is 0 Å². The molecular formula is C29H38N4O4. The van der Waals surface area contributed by atoms with E-state index in [9.17, 15) is 4.79 Å². The van der Waals surface area contributed by atoms with E-state index >= 15 is 0 Å². The summed E-state index contributed by atoms with van der Waals surface area (Å²) >= 11 is 0. The first-order valence-electron chi connectivity index (χ1n) is 13.0. The number of rotatable bonds is 11. The maximum absolute atomic E-state index is 12.4. The smallest absolute Gasteiger partial charge is 0.226 e. The zero-order valence-electron chi connectivity index (χ0n) is 22.4. The van der Waals surface area contributed by atoms with Crippen LogP contribution in [0.3, 0.4) is 0 Å². The average molecular weight is 507 g/mol. The first-order chi connectivity index (χ1) is 18.0. The summed E-state index contributed by atoms with van der Waals surface area (Å²) in [5.74, 6) is 2.68. The van der Waals surface area contributed by atoms with Gasteiger partial charge in [-0.1, -0.05) is 12.1 Å². The van der Waals surface area contributed by atoms with Crippen LogP contribution >= 0.6 is 0 Å². The molecule has 1 aliphatic heterocycles. The Morgan fingerprint density at radius 3 is 2.54 bits per heavy atom. The Morgan fingerprint density at radius 1 is 1.03 bits per heavy atom. The van der Waals surface area contributed by atoms with E-state index in [4.69, 9.17) is 13.9 Å². The second kappa shape index (κ2) is 12.6. The quantitative estimate of drug-likeness (QED) is 0.417.